The molecule has 0 bridgehead atoms. The minimum atomic E-state index is -0.572. The van der Waals surface area contributed by atoms with E-state index in [-0.39, 0.29) is 18.3 Å². The maximum Gasteiger partial charge on any atom is 0.223 e. The Hall–Kier alpha value is -2.87. The van der Waals surface area contributed by atoms with Gasteiger partial charge in [0.05, 0.1) is 30.0 Å². The number of aromatic nitrogens is 3. The number of hydrogen-bond acceptors (Lipinski definition) is 9. The SMILES string of the molecule is COCCNC1CCC(Nc2ncc(F)c(-c3cc(OCC4(C#N)CCOCC4)ccn3)n2)CC1. The van der Waals surface area contributed by atoms with Gasteiger partial charge in [-0.2, -0.15) is 5.26 Å². The van der Waals surface area contributed by atoms with E-state index in [0.717, 1.165) is 32.2 Å². The molecule has 10 heteroatoms. The highest BCUT2D eigenvalue weighted by atomic mass is 19.1. The van der Waals surface area contributed by atoms with E-state index in [0.29, 0.717) is 56.1 Å². The zero-order chi connectivity index (χ0) is 24.5. The number of methoxy groups -OCH3 is 1. The molecule has 2 aromatic heterocycles. The molecule has 188 valence electrons. The first-order valence-electron chi connectivity index (χ1n) is 12.2. The Morgan fingerprint density at radius 2 is 1.97 bits per heavy atom. The van der Waals surface area contributed by atoms with Gasteiger partial charge in [-0.25, -0.2) is 14.4 Å². The highest BCUT2D eigenvalue weighted by molar-refractivity contribution is 5.58. The zero-order valence-electron chi connectivity index (χ0n) is 20.1. The van der Waals surface area contributed by atoms with Gasteiger partial charge in [-0.15, -0.1) is 0 Å². The first-order chi connectivity index (χ1) is 17.1. The Morgan fingerprint density at radius 3 is 2.71 bits per heavy atom. The molecule has 1 aliphatic carbocycles. The number of nitrogens with zero attached hydrogens (tertiary/aromatic N) is 4. The monoisotopic (exact) mass is 484 g/mol. The van der Waals surface area contributed by atoms with Crippen molar-refractivity contribution in [2.75, 3.05) is 45.4 Å². The van der Waals surface area contributed by atoms with Crippen molar-refractivity contribution in [2.45, 2.75) is 50.6 Å². The fourth-order valence-electron chi connectivity index (χ4n) is 4.51. The lowest BCUT2D eigenvalue weighted by Gasteiger charge is -2.30. The van der Waals surface area contributed by atoms with Crippen molar-refractivity contribution in [2.24, 2.45) is 5.41 Å². The summed E-state index contributed by atoms with van der Waals surface area (Å²) in [4.78, 5) is 12.9. The zero-order valence-corrected chi connectivity index (χ0v) is 20.1. The lowest BCUT2D eigenvalue weighted by atomic mass is 9.83. The van der Waals surface area contributed by atoms with Crippen LogP contribution in [0.4, 0.5) is 10.3 Å². The van der Waals surface area contributed by atoms with Crippen molar-refractivity contribution >= 4 is 5.95 Å². The fraction of sp³-hybridized carbons (Fsp3) is 0.600. The third-order valence-corrected chi connectivity index (χ3v) is 6.72. The first-order valence-corrected chi connectivity index (χ1v) is 12.2. The Kier molecular flexibility index (Phi) is 8.79. The number of nitrogens with one attached hydrogen (secondary N) is 2. The van der Waals surface area contributed by atoms with Crippen molar-refractivity contribution in [1.29, 1.82) is 5.26 Å². The van der Waals surface area contributed by atoms with E-state index in [4.69, 9.17) is 14.2 Å². The third-order valence-electron chi connectivity index (χ3n) is 6.72. The molecule has 9 nitrogen and oxygen atoms in total. The van der Waals surface area contributed by atoms with Gasteiger partial charge in [0.25, 0.3) is 0 Å². The minimum absolute atomic E-state index is 0.115. The molecule has 0 aromatic carbocycles. The summed E-state index contributed by atoms with van der Waals surface area (Å²) in [6.45, 7) is 2.90. The van der Waals surface area contributed by atoms with Crippen LogP contribution in [0.25, 0.3) is 11.4 Å². The second kappa shape index (κ2) is 12.2. The third kappa shape index (κ3) is 6.84. The highest BCUT2D eigenvalue weighted by Gasteiger charge is 2.33. The number of halogens is 1. The number of anilines is 1. The Balaban J connectivity index is 1.38. The van der Waals surface area contributed by atoms with Crippen molar-refractivity contribution in [3.8, 4) is 23.2 Å². The van der Waals surface area contributed by atoms with Gasteiger partial charge >= 0.3 is 0 Å². The van der Waals surface area contributed by atoms with E-state index in [1.165, 1.54) is 6.20 Å². The standard InChI is InChI=1S/C25H33FN6O3/c1-33-13-10-28-18-2-4-19(5-3-18)31-24-30-15-21(26)23(32-24)22-14-20(6-9-29-22)35-17-25(16-27)7-11-34-12-8-25/h6,9,14-15,18-19,28H,2-5,7-8,10-13,17H2,1H3,(H,30,31,32). The molecule has 0 spiro atoms. The van der Waals surface area contributed by atoms with Gasteiger partial charge in [-0.05, 0) is 44.6 Å². The molecule has 3 heterocycles. The van der Waals surface area contributed by atoms with E-state index in [1.807, 2.05) is 0 Å². The Morgan fingerprint density at radius 1 is 1.20 bits per heavy atom. The van der Waals surface area contributed by atoms with Gasteiger partial charge in [0.1, 0.15) is 18.1 Å². The highest BCUT2D eigenvalue weighted by Crippen LogP contribution is 2.31. The molecule has 0 atom stereocenters. The molecule has 1 aliphatic heterocycles. The molecule has 1 saturated heterocycles. The number of nitriles is 1. The smallest absolute Gasteiger partial charge is 0.223 e. The predicted octanol–water partition coefficient (Wildman–Crippen LogP) is 3.34. The van der Waals surface area contributed by atoms with Crippen LogP contribution in [-0.2, 0) is 9.47 Å². The second-order valence-corrected chi connectivity index (χ2v) is 9.20. The molecule has 0 unspecified atom stereocenters. The van der Waals surface area contributed by atoms with E-state index >= 15 is 0 Å². The van der Waals surface area contributed by atoms with Crippen LogP contribution in [0.2, 0.25) is 0 Å². The maximum absolute atomic E-state index is 14.6. The van der Waals surface area contributed by atoms with Gasteiger partial charge in [0.2, 0.25) is 5.95 Å². The summed E-state index contributed by atoms with van der Waals surface area (Å²) in [5, 5.41) is 16.5. The predicted molar refractivity (Wildman–Crippen MR) is 128 cm³/mol. The van der Waals surface area contributed by atoms with Gasteiger partial charge in [-0.1, -0.05) is 0 Å². The summed E-state index contributed by atoms with van der Waals surface area (Å²) in [6.07, 6.45) is 8.04. The van der Waals surface area contributed by atoms with E-state index in [2.05, 4.69) is 31.7 Å². The minimum Gasteiger partial charge on any atom is -0.492 e. The summed E-state index contributed by atoms with van der Waals surface area (Å²) in [6, 6.07) is 6.46. The number of pyridine rings is 1. The van der Waals surface area contributed by atoms with Crippen LogP contribution in [-0.4, -0.2) is 67.1 Å². The number of rotatable bonds is 10. The van der Waals surface area contributed by atoms with Gasteiger partial charge in [0.15, 0.2) is 5.82 Å². The van der Waals surface area contributed by atoms with Crippen LogP contribution in [0, 0.1) is 22.6 Å². The topological polar surface area (TPSA) is 114 Å². The normalized spacial score (nSPS) is 21.7. The molecule has 0 amide bonds. The number of hydrogen-bond donors (Lipinski definition) is 2. The van der Waals surface area contributed by atoms with Gasteiger partial charge in [0, 0.05) is 51.2 Å². The van der Waals surface area contributed by atoms with Crippen LogP contribution in [0.1, 0.15) is 38.5 Å². The lowest BCUT2D eigenvalue weighted by Crippen LogP contribution is -2.38. The average Bonchev–Trinajstić information content (AvgIpc) is 2.90. The van der Waals surface area contributed by atoms with Crippen LogP contribution >= 0.6 is 0 Å². The van der Waals surface area contributed by atoms with E-state index < -0.39 is 11.2 Å². The summed E-state index contributed by atoms with van der Waals surface area (Å²) in [5.74, 6) is 0.350. The molecule has 0 radical (unpaired) electrons. The lowest BCUT2D eigenvalue weighted by molar-refractivity contribution is 0.0191. The molecule has 1 saturated carbocycles. The summed E-state index contributed by atoms with van der Waals surface area (Å²) < 4.78 is 31.0. The molecule has 35 heavy (non-hydrogen) atoms. The quantitative estimate of drug-likeness (QED) is 0.490. The molecule has 2 fully saturated rings. The van der Waals surface area contributed by atoms with Crippen LogP contribution in [0.3, 0.4) is 0 Å². The molecular weight excluding hydrogens is 451 g/mol. The van der Waals surface area contributed by atoms with Crippen LogP contribution in [0.15, 0.2) is 24.5 Å². The van der Waals surface area contributed by atoms with Crippen molar-refractivity contribution in [3.05, 3.63) is 30.3 Å². The fourth-order valence-corrected chi connectivity index (χ4v) is 4.51. The molecule has 4 rings (SSSR count). The Labute approximate surface area is 205 Å². The van der Waals surface area contributed by atoms with E-state index in [9.17, 15) is 9.65 Å². The van der Waals surface area contributed by atoms with Crippen molar-refractivity contribution in [3.63, 3.8) is 0 Å². The van der Waals surface area contributed by atoms with Crippen LogP contribution in [0.5, 0.6) is 5.75 Å². The second-order valence-electron chi connectivity index (χ2n) is 9.20. The largest absolute Gasteiger partial charge is 0.492 e. The average molecular weight is 485 g/mol. The first kappa shape index (κ1) is 25.2. The molecular formula is C25H33FN6O3. The summed E-state index contributed by atoms with van der Waals surface area (Å²) >= 11 is 0. The molecule has 2 N–H and O–H groups in total. The van der Waals surface area contributed by atoms with Gasteiger partial charge in [-0.3, -0.25) is 4.98 Å². The van der Waals surface area contributed by atoms with Crippen molar-refractivity contribution < 1.29 is 18.6 Å². The van der Waals surface area contributed by atoms with E-state index in [1.54, 1.807) is 25.4 Å². The maximum atomic E-state index is 14.6. The van der Waals surface area contributed by atoms with Crippen molar-refractivity contribution in [1.82, 2.24) is 20.3 Å². The summed E-state index contributed by atoms with van der Waals surface area (Å²) in [5.41, 5.74) is -0.101. The van der Waals surface area contributed by atoms with Gasteiger partial charge < -0.3 is 24.8 Å². The molecule has 2 aliphatic rings. The van der Waals surface area contributed by atoms with Crippen LogP contribution < -0.4 is 15.4 Å². The summed E-state index contributed by atoms with van der Waals surface area (Å²) in [7, 11) is 1.70. The Bertz CT molecular complexity index is 1000. The number of ether oxygens (including phenoxy) is 3. The molecule has 2 aromatic rings.